The third-order valence-electron chi connectivity index (χ3n) is 6.40. The van der Waals surface area contributed by atoms with Crippen LogP contribution in [0, 0.1) is 12.8 Å². The van der Waals surface area contributed by atoms with Crippen molar-refractivity contribution >= 4 is 23.3 Å². The minimum Gasteiger partial charge on any atom is -0.354 e. The molecule has 0 saturated carbocycles. The van der Waals surface area contributed by atoms with Crippen molar-refractivity contribution in [2.45, 2.75) is 38.4 Å². The van der Waals surface area contributed by atoms with Crippen LogP contribution in [-0.2, 0) is 6.54 Å². The Kier molecular flexibility index (Phi) is 4.76. The van der Waals surface area contributed by atoms with E-state index in [1.807, 2.05) is 13.0 Å². The van der Waals surface area contributed by atoms with E-state index in [0.717, 1.165) is 24.5 Å². The molecule has 1 amide bonds. The molecule has 30 heavy (non-hydrogen) atoms. The van der Waals surface area contributed by atoms with Crippen molar-refractivity contribution in [3.05, 3.63) is 50.8 Å². The van der Waals surface area contributed by atoms with E-state index in [0.29, 0.717) is 36.9 Å². The summed E-state index contributed by atoms with van der Waals surface area (Å²) in [5.74, 6) is 1.45. The number of fused-ring (bicyclic) bond motifs is 4. The van der Waals surface area contributed by atoms with E-state index < -0.39 is 6.17 Å². The molecule has 2 bridgehead atoms. The fraction of sp³-hybridized carbons (Fsp3) is 0.524. The van der Waals surface area contributed by atoms with E-state index in [9.17, 15) is 14.0 Å². The van der Waals surface area contributed by atoms with Crippen LogP contribution in [0.5, 0.6) is 0 Å². The Morgan fingerprint density at radius 1 is 1.23 bits per heavy atom. The number of rotatable bonds is 2. The summed E-state index contributed by atoms with van der Waals surface area (Å²) in [6, 6.07) is 3.50. The Bertz CT molecular complexity index is 1070. The molecule has 2 aromatic heterocycles. The second kappa shape index (κ2) is 7.34. The number of aromatic nitrogens is 3. The minimum absolute atomic E-state index is 0.0688. The lowest BCUT2D eigenvalue weighted by Crippen LogP contribution is -2.48. The summed E-state index contributed by atoms with van der Waals surface area (Å²) < 4.78 is 15.3. The standard InChI is InChI=1S/C21H23ClFN5O2/c1-12-24-7-17(22)19(25-12)27-8-13-6-14(10-27)18-3-2-16(21(30)28(18)9-13)20(29)26-5-4-15(23)11-26/h2-3,7,13-15H,4-6,8-11H2,1H3/t13-,14+,15-/m0/s1. The van der Waals surface area contributed by atoms with Crippen LogP contribution < -0.4 is 10.5 Å². The Morgan fingerprint density at radius 3 is 2.83 bits per heavy atom. The van der Waals surface area contributed by atoms with E-state index in [-0.39, 0.29) is 35.4 Å². The first-order valence-electron chi connectivity index (χ1n) is 10.3. The summed E-state index contributed by atoms with van der Waals surface area (Å²) in [6.07, 6.45) is 1.95. The number of carbonyl (C=O) groups is 1. The average molecular weight is 432 g/mol. The number of hydrogen-bond donors (Lipinski definition) is 0. The molecule has 5 rings (SSSR count). The molecule has 2 aromatic rings. The predicted octanol–water partition coefficient (Wildman–Crippen LogP) is 2.41. The maximum absolute atomic E-state index is 13.5. The molecule has 9 heteroatoms. The summed E-state index contributed by atoms with van der Waals surface area (Å²) >= 11 is 6.35. The smallest absolute Gasteiger partial charge is 0.263 e. The van der Waals surface area contributed by atoms with Gasteiger partial charge in [0.15, 0.2) is 5.82 Å². The zero-order valence-electron chi connectivity index (χ0n) is 16.7. The number of anilines is 1. The lowest BCUT2D eigenvalue weighted by atomic mass is 9.83. The van der Waals surface area contributed by atoms with Crippen LogP contribution in [0.3, 0.4) is 0 Å². The molecule has 2 fully saturated rings. The molecule has 3 aliphatic heterocycles. The predicted molar refractivity (Wildman–Crippen MR) is 111 cm³/mol. The van der Waals surface area contributed by atoms with Crippen molar-refractivity contribution in [2.75, 3.05) is 31.1 Å². The number of pyridine rings is 1. The molecular weight excluding hydrogens is 409 g/mol. The zero-order valence-corrected chi connectivity index (χ0v) is 17.5. The third-order valence-corrected chi connectivity index (χ3v) is 6.66. The molecule has 5 heterocycles. The van der Waals surface area contributed by atoms with Gasteiger partial charge < -0.3 is 14.4 Å². The summed E-state index contributed by atoms with van der Waals surface area (Å²) in [6.45, 7) is 4.26. The molecule has 0 unspecified atom stereocenters. The van der Waals surface area contributed by atoms with E-state index in [1.165, 1.54) is 4.90 Å². The number of amides is 1. The molecule has 0 aromatic carbocycles. The molecule has 3 atom stereocenters. The normalized spacial score (nSPS) is 25.4. The maximum atomic E-state index is 13.5. The first-order valence-corrected chi connectivity index (χ1v) is 10.7. The van der Waals surface area contributed by atoms with Gasteiger partial charge in [0.1, 0.15) is 22.6 Å². The highest BCUT2D eigenvalue weighted by Crippen LogP contribution is 2.38. The van der Waals surface area contributed by atoms with Crippen LogP contribution in [-0.4, -0.2) is 57.7 Å². The summed E-state index contributed by atoms with van der Waals surface area (Å²) in [5, 5.41) is 0.524. The highest BCUT2D eigenvalue weighted by Gasteiger charge is 2.37. The van der Waals surface area contributed by atoms with Crippen molar-refractivity contribution in [1.29, 1.82) is 0 Å². The molecule has 2 saturated heterocycles. The molecule has 0 spiro atoms. The fourth-order valence-electron chi connectivity index (χ4n) is 5.02. The lowest BCUT2D eigenvalue weighted by molar-refractivity contribution is 0.0779. The number of halogens is 2. The van der Waals surface area contributed by atoms with Crippen molar-refractivity contribution < 1.29 is 9.18 Å². The maximum Gasteiger partial charge on any atom is 0.263 e. The second-order valence-electron chi connectivity index (χ2n) is 8.52. The van der Waals surface area contributed by atoms with Crippen molar-refractivity contribution in [3.63, 3.8) is 0 Å². The van der Waals surface area contributed by atoms with Gasteiger partial charge in [0, 0.05) is 37.8 Å². The summed E-state index contributed by atoms with van der Waals surface area (Å²) in [5.41, 5.74) is 0.808. The van der Waals surface area contributed by atoms with Crippen LogP contribution in [0.2, 0.25) is 5.02 Å². The Hall–Kier alpha value is -2.48. The van der Waals surface area contributed by atoms with Crippen LogP contribution in [0.15, 0.2) is 23.1 Å². The van der Waals surface area contributed by atoms with Gasteiger partial charge in [-0.2, -0.15) is 0 Å². The van der Waals surface area contributed by atoms with Crippen LogP contribution in [0.25, 0.3) is 0 Å². The minimum atomic E-state index is -1.00. The monoisotopic (exact) mass is 431 g/mol. The van der Waals surface area contributed by atoms with Crippen LogP contribution in [0.1, 0.15) is 40.6 Å². The topological polar surface area (TPSA) is 71.3 Å². The largest absolute Gasteiger partial charge is 0.354 e. The van der Waals surface area contributed by atoms with Gasteiger partial charge in [0.05, 0.1) is 12.7 Å². The Morgan fingerprint density at radius 2 is 2.07 bits per heavy atom. The first kappa shape index (κ1) is 19.5. The molecule has 0 aliphatic carbocycles. The van der Waals surface area contributed by atoms with Gasteiger partial charge in [-0.25, -0.2) is 14.4 Å². The van der Waals surface area contributed by atoms with Crippen molar-refractivity contribution in [2.24, 2.45) is 5.92 Å². The van der Waals surface area contributed by atoms with E-state index in [4.69, 9.17) is 11.6 Å². The highest BCUT2D eigenvalue weighted by atomic mass is 35.5. The van der Waals surface area contributed by atoms with Crippen LogP contribution in [0.4, 0.5) is 10.2 Å². The summed E-state index contributed by atoms with van der Waals surface area (Å²) in [4.78, 5) is 38.2. The quantitative estimate of drug-likeness (QED) is 0.730. The number of nitrogens with zero attached hydrogens (tertiary/aromatic N) is 5. The Balaban J connectivity index is 1.45. The van der Waals surface area contributed by atoms with Gasteiger partial charge in [0.2, 0.25) is 0 Å². The molecule has 0 radical (unpaired) electrons. The van der Waals surface area contributed by atoms with Gasteiger partial charge >= 0.3 is 0 Å². The third kappa shape index (κ3) is 3.27. The fourth-order valence-corrected chi connectivity index (χ4v) is 5.23. The average Bonchev–Trinajstić information content (AvgIpc) is 3.16. The highest BCUT2D eigenvalue weighted by molar-refractivity contribution is 6.32. The SMILES string of the molecule is Cc1ncc(Cl)c(N2C[C@@H]3C[C@H](C2)c2ccc(C(=O)N4CC[C@H](F)C4)c(=O)n2C3)n1. The van der Waals surface area contributed by atoms with Crippen molar-refractivity contribution in [3.8, 4) is 0 Å². The number of aryl methyl sites for hydroxylation is 1. The van der Waals surface area contributed by atoms with E-state index >= 15 is 0 Å². The number of hydrogen-bond acceptors (Lipinski definition) is 5. The summed E-state index contributed by atoms with van der Waals surface area (Å²) in [7, 11) is 0. The molecule has 3 aliphatic rings. The zero-order chi connectivity index (χ0) is 21.0. The Labute approximate surface area is 178 Å². The van der Waals surface area contributed by atoms with Crippen LogP contribution >= 0.6 is 11.6 Å². The number of piperidine rings is 1. The molecular formula is C21H23ClFN5O2. The second-order valence-corrected chi connectivity index (χ2v) is 8.92. The number of alkyl halides is 1. The van der Waals surface area contributed by atoms with E-state index in [2.05, 4.69) is 14.9 Å². The van der Waals surface area contributed by atoms with Gasteiger partial charge in [-0.3, -0.25) is 9.59 Å². The van der Waals surface area contributed by atoms with Gasteiger partial charge in [0.25, 0.3) is 11.5 Å². The lowest BCUT2D eigenvalue weighted by Gasteiger charge is -2.43. The molecule has 7 nitrogen and oxygen atoms in total. The molecule has 0 N–H and O–H groups in total. The molecule has 158 valence electrons. The number of carbonyl (C=O) groups excluding carboxylic acids is 1. The van der Waals surface area contributed by atoms with E-state index in [1.54, 1.807) is 16.8 Å². The van der Waals surface area contributed by atoms with Crippen molar-refractivity contribution in [1.82, 2.24) is 19.4 Å². The first-order chi connectivity index (χ1) is 14.4. The number of likely N-dealkylation sites (tertiary alicyclic amines) is 1. The van der Waals surface area contributed by atoms with Gasteiger partial charge in [-0.15, -0.1) is 0 Å². The van der Waals surface area contributed by atoms with Gasteiger partial charge in [-0.1, -0.05) is 11.6 Å². The van der Waals surface area contributed by atoms with Gasteiger partial charge in [-0.05, 0) is 37.8 Å².